The summed E-state index contributed by atoms with van der Waals surface area (Å²) >= 11 is 3.44. The van der Waals surface area contributed by atoms with Gasteiger partial charge < -0.3 is 4.42 Å². The lowest BCUT2D eigenvalue weighted by molar-refractivity contribution is 0.242. The molecular formula is C17H18N2OS2. The number of nitrogens with zero attached hydrogens (tertiary/aromatic N) is 2. The van der Waals surface area contributed by atoms with Gasteiger partial charge in [0.2, 0.25) is 5.89 Å². The Hall–Kier alpha value is -1.43. The molecule has 3 nitrogen and oxygen atoms in total. The van der Waals surface area contributed by atoms with Gasteiger partial charge in [-0.2, -0.15) is 11.3 Å². The normalized spacial score (nSPS) is 14.8. The molecule has 114 valence electrons. The van der Waals surface area contributed by atoms with Crippen LogP contribution in [-0.2, 0) is 13.1 Å². The highest BCUT2D eigenvalue weighted by Gasteiger charge is 2.30. The first-order chi connectivity index (χ1) is 10.8. The van der Waals surface area contributed by atoms with Crippen molar-refractivity contribution in [2.45, 2.75) is 38.9 Å². The van der Waals surface area contributed by atoms with Crippen molar-refractivity contribution in [3.63, 3.8) is 0 Å². The van der Waals surface area contributed by atoms with Crippen molar-refractivity contribution in [1.29, 1.82) is 0 Å². The zero-order chi connectivity index (χ0) is 14.9. The molecule has 0 bridgehead atoms. The first kappa shape index (κ1) is 14.2. The zero-order valence-corrected chi connectivity index (χ0v) is 14.1. The Labute approximate surface area is 138 Å². The fourth-order valence-electron chi connectivity index (χ4n) is 2.64. The highest BCUT2D eigenvalue weighted by molar-refractivity contribution is 7.13. The largest absolute Gasteiger partial charge is 0.440 e. The Balaban J connectivity index is 1.53. The maximum Gasteiger partial charge on any atom is 0.236 e. The molecule has 0 atom stereocenters. The van der Waals surface area contributed by atoms with E-state index < -0.39 is 0 Å². The van der Waals surface area contributed by atoms with Gasteiger partial charge in [0.25, 0.3) is 0 Å². The minimum Gasteiger partial charge on any atom is -0.440 e. The van der Waals surface area contributed by atoms with E-state index in [-0.39, 0.29) is 0 Å². The van der Waals surface area contributed by atoms with Gasteiger partial charge in [0.05, 0.1) is 10.6 Å². The van der Waals surface area contributed by atoms with Crippen LogP contribution in [0.3, 0.4) is 0 Å². The molecular weight excluding hydrogens is 312 g/mol. The lowest BCUT2D eigenvalue weighted by Crippen LogP contribution is -2.25. The predicted octanol–water partition coefficient (Wildman–Crippen LogP) is 4.94. The van der Waals surface area contributed by atoms with Gasteiger partial charge in [0, 0.05) is 19.1 Å². The fourth-order valence-corrected chi connectivity index (χ4v) is 3.95. The second kappa shape index (κ2) is 5.99. The molecule has 0 spiro atoms. The highest BCUT2D eigenvalue weighted by atomic mass is 32.1. The van der Waals surface area contributed by atoms with Gasteiger partial charge in [-0.3, -0.25) is 4.90 Å². The molecule has 3 aromatic rings. The third kappa shape index (κ3) is 3.02. The van der Waals surface area contributed by atoms with Crippen LogP contribution in [0, 0.1) is 6.92 Å². The van der Waals surface area contributed by atoms with Crippen LogP contribution in [-0.4, -0.2) is 15.9 Å². The van der Waals surface area contributed by atoms with Crippen LogP contribution < -0.4 is 0 Å². The van der Waals surface area contributed by atoms with Crippen LogP contribution in [0.15, 0.2) is 38.8 Å². The van der Waals surface area contributed by atoms with Gasteiger partial charge in [-0.05, 0) is 53.6 Å². The average molecular weight is 330 g/mol. The number of oxazole rings is 1. The molecule has 1 aliphatic carbocycles. The molecule has 0 unspecified atom stereocenters. The van der Waals surface area contributed by atoms with E-state index in [2.05, 4.69) is 33.2 Å². The van der Waals surface area contributed by atoms with Gasteiger partial charge >= 0.3 is 0 Å². The van der Waals surface area contributed by atoms with Crippen LogP contribution in [0.5, 0.6) is 0 Å². The second-order valence-corrected chi connectivity index (χ2v) is 7.49. The van der Waals surface area contributed by atoms with E-state index in [4.69, 9.17) is 9.40 Å². The Bertz CT molecular complexity index is 727. The van der Waals surface area contributed by atoms with Gasteiger partial charge in [-0.25, -0.2) is 4.98 Å². The molecule has 0 N–H and O–H groups in total. The first-order valence-corrected chi connectivity index (χ1v) is 9.37. The molecule has 3 heterocycles. The molecule has 22 heavy (non-hydrogen) atoms. The van der Waals surface area contributed by atoms with Crippen molar-refractivity contribution in [1.82, 2.24) is 9.88 Å². The van der Waals surface area contributed by atoms with Gasteiger partial charge in [0.1, 0.15) is 5.76 Å². The third-order valence-corrected chi connectivity index (χ3v) is 5.60. The van der Waals surface area contributed by atoms with Gasteiger partial charge in [0.15, 0.2) is 0 Å². The number of hydrogen-bond donors (Lipinski definition) is 0. The van der Waals surface area contributed by atoms with E-state index in [0.717, 1.165) is 35.3 Å². The molecule has 0 aliphatic heterocycles. The van der Waals surface area contributed by atoms with Crippen molar-refractivity contribution >= 4 is 22.7 Å². The number of aromatic nitrogens is 1. The lowest BCUT2D eigenvalue weighted by atomic mass is 10.2. The lowest BCUT2D eigenvalue weighted by Gasteiger charge is -2.20. The van der Waals surface area contributed by atoms with Gasteiger partial charge in [-0.15, -0.1) is 11.3 Å². The maximum absolute atomic E-state index is 5.87. The molecule has 0 amide bonds. The average Bonchev–Trinajstić information content (AvgIpc) is 2.95. The van der Waals surface area contributed by atoms with Crippen molar-refractivity contribution in [2.75, 3.05) is 0 Å². The van der Waals surface area contributed by atoms with Crippen molar-refractivity contribution in [3.8, 4) is 10.8 Å². The van der Waals surface area contributed by atoms with E-state index in [1.807, 2.05) is 13.0 Å². The standard InChI is InChI=1S/C17H18N2OS2/c1-12-15(18-17(20-12)16-3-2-7-22-16)10-19(14-4-5-14)9-13-6-8-21-11-13/h2-3,6-8,11,14H,4-5,9-10H2,1H3. The van der Waals surface area contributed by atoms with E-state index >= 15 is 0 Å². The summed E-state index contributed by atoms with van der Waals surface area (Å²) in [6, 6.07) is 7.02. The number of aryl methyl sites for hydroxylation is 1. The molecule has 1 saturated carbocycles. The van der Waals surface area contributed by atoms with E-state index in [1.54, 1.807) is 22.7 Å². The van der Waals surface area contributed by atoms with Crippen LogP contribution in [0.2, 0.25) is 0 Å². The summed E-state index contributed by atoms with van der Waals surface area (Å²) in [5, 5.41) is 6.44. The van der Waals surface area contributed by atoms with Crippen LogP contribution in [0.25, 0.3) is 10.8 Å². The number of thiophene rings is 2. The van der Waals surface area contributed by atoms with E-state index in [1.165, 1.54) is 18.4 Å². The van der Waals surface area contributed by atoms with Crippen molar-refractivity contribution in [2.24, 2.45) is 0 Å². The summed E-state index contributed by atoms with van der Waals surface area (Å²) in [5.41, 5.74) is 2.47. The first-order valence-electron chi connectivity index (χ1n) is 7.55. The minimum atomic E-state index is 0.709. The molecule has 4 rings (SSSR count). The minimum absolute atomic E-state index is 0.709. The smallest absolute Gasteiger partial charge is 0.236 e. The zero-order valence-electron chi connectivity index (χ0n) is 12.5. The molecule has 0 saturated heterocycles. The number of rotatable bonds is 6. The Morgan fingerprint density at radius 1 is 1.27 bits per heavy atom. The summed E-state index contributed by atoms with van der Waals surface area (Å²) < 4.78 is 5.87. The monoisotopic (exact) mass is 330 g/mol. The number of hydrogen-bond acceptors (Lipinski definition) is 5. The topological polar surface area (TPSA) is 29.3 Å². The Kier molecular flexibility index (Phi) is 3.86. The SMILES string of the molecule is Cc1oc(-c2cccs2)nc1CN(Cc1ccsc1)C1CC1. The maximum atomic E-state index is 5.87. The third-order valence-electron chi connectivity index (χ3n) is 4.01. The van der Waals surface area contributed by atoms with Crippen LogP contribution in [0.4, 0.5) is 0 Å². The van der Waals surface area contributed by atoms with Gasteiger partial charge in [-0.1, -0.05) is 6.07 Å². The summed E-state index contributed by atoms with van der Waals surface area (Å²) in [4.78, 5) is 8.37. The van der Waals surface area contributed by atoms with E-state index in [0.29, 0.717) is 6.04 Å². The predicted molar refractivity (Wildman–Crippen MR) is 91.1 cm³/mol. The molecule has 1 fully saturated rings. The van der Waals surface area contributed by atoms with Crippen molar-refractivity contribution in [3.05, 3.63) is 51.4 Å². The fraction of sp³-hybridized carbons (Fsp3) is 0.353. The van der Waals surface area contributed by atoms with Crippen LogP contribution in [0.1, 0.15) is 29.9 Å². The molecule has 0 radical (unpaired) electrons. The Morgan fingerprint density at radius 2 is 2.18 bits per heavy atom. The summed E-state index contributed by atoms with van der Waals surface area (Å²) in [7, 11) is 0. The van der Waals surface area contributed by atoms with Crippen LogP contribution >= 0.6 is 22.7 Å². The summed E-state index contributed by atoms with van der Waals surface area (Å²) in [5.74, 6) is 1.70. The molecule has 3 aromatic heterocycles. The molecule has 1 aliphatic rings. The summed E-state index contributed by atoms with van der Waals surface area (Å²) in [6.45, 7) is 3.91. The highest BCUT2D eigenvalue weighted by Crippen LogP contribution is 2.32. The summed E-state index contributed by atoms with van der Waals surface area (Å²) in [6.07, 6.45) is 2.61. The molecule has 0 aromatic carbocycles. The Morgan fingerprint density at radius 3 is 2.86 bits per heavy atom. The second-order valence-electron chi connectivity index (χ2n) is 5.77. The quantitative estimate of drug-likeness (QED) is 0.641. The molecule has 5 heteroatoms. The van der Waals surface area contributed by atoms with E-state index in [9.17, 15) is 0 Å². The van der Waals surface area contributed by atoms with Crippen molar-refractivity contribution < 1.29 is 4.42 Å².